The molecule has 0 saturated heterocycles. The van der Waals surface area contributed by atoms with E-state index < -0.39 is 0 Å². The van der Waals surface area contributed by atoms with Crippen LogP contribution < -0.4 is 10.6 Å². The third-order valence-electron chi connectivity index (χ3n) is 2.04. The van der Waals surface area contributed by atoms with Crippen LogP contribution in [0.2, 0.25) is 5.02 Å². The summed E-state index contributed by atoms with van der Waals surface area (Å²) in [5, 5.41) is 6.47. The summed E-state index contributed by atoms with van der Waals surface area (Å²) in [6.45, 7) is 5.81. The second kappa shape index (κ2) is 6.18. The summed E-state index contributed by atoms with van der Waals surface area (Å²) in [5.41, 5.74) is 0.866. The maximum Gasteiger partial charge on any atom is 0.242 e. The van der Waals surface area contributed by atoms with Gasteiger partial charge in [0.15, 0.2) is 0 Å². The summed E-state index contributed by atoms with van der Waals surface area (Å²) < 4.78 is 0. The number of hydrogen-bond acceptors (Lipinski definition) is 2. The maximum atomic E-state index is 11.5. The van der Waals surface area contributed by atoms with Crippen molar-refractivity contribution in [3.63, 3.8) is 0 Å². The Balaban J connectivity index is 2.50. The Bertz CT molecular complexity index is 362. The molecule has 0 fully saturated rings. The van der Waals surface area contributed by atoms with E-state index in [0.717, 1.165) is 5.69 Å². The van der Waals surface area contributed by atoms with Crippen molar-refractivity contribution in [3.8, 4) is 0 Å². The molecule has 0 radical (unpaired) electrons. The van der Waals surface area contributed by atoms with Gasteiger partial charge in [-0.25, -0.2) is 0 Å². The highest BCUT2D eigenvalue weighted by atomic mass is 35.5. The number of nitrogens with one attached hydrogen (secondary N) is 2. The molecule has 86 valence electrons. The molecular weight excluding hydrogens is 224 g/mol. The molecule has 1 amide bonds. The Kier molecular flexibility index (Phi) is 4.86. The highest BCUT2D eigenvalue weighted by Gasteiger charge is 2.10. The Morgan fingerprint density at radius 3 is 2.69 bits per heavy atom. The smallest absolute Gasteiger partial charge is 0.242 e. The Labute approximate surface area is 100 Å². The minimum absolute atomic E-state index is 0.0603. The molecule has 0 spiro atoms. The second-order valence-corrected chi connectivity index (χ2v) is 3.84. The second-order valence-electron chi connectivity index (χ2n) is 3.41. The van der Waals surface area contributed by atoms with Crippen LogP contribution >= 0.6 is 11.6 Å². The molecule has 1 atom stereocenters. The van der Waals surface area contributed by atoms with Gasteiger partial charge in [0.1, 0.15) is 6.04 Å². The number of carbonyl (C=O) groups excluding carboxylic acids is 1. The monoisotopic (exact) mass is 238 g/mol. The lowest BCUT2D eigenvalue weighted by Gasteiger charge is -2.14. The number of rotatable bonds is 5. The molecule has 0 heterocycles. The number of anilines is 1. The first-order chi connectivity index (χ1) is 7.63. The van der Waals surface area contributed by atoms with Crippen LogP contribution in [0.25, 0.3) is 0 Å². The average Bonchev–Trinajstić information content (AvgIpc) is 2.29. The van der Waals surface area contributed by atoms with Crippen LogP contribution in [0, 0.1) is 0 Å². The SMILES string of the molecule is C=CCNC(=O)C(C)Nc1ccc(Cl)cc1. The molecule has 0 saturated carbocycles. The van der Waals surface area contributed by atoms with Crippen LogP contribution in [-0.2, 0) is 4.79 Å². The summed E-state index contributed by atoms with van der Waals surface area (Å²) in [7, 11) is 0. The van der Waals surface area contributed by atoms with Crippen LogP contribution in [0.5, 0.6) is 0 Å². The molecule has 1 unspecified atom stereocenters. The lowest BCUT2D eigenvalue weighted by molar-refractivity contribution is -0.121. The summed E-state index contributed by atoms with van der Waals surface area (Å²) in [6, 6.07) is 6.93. The van der Waals surface area contributed by atoms with Crippen LogP contribution in [0.1, 0.15) is 6.92 Å². The van der Waals surface area contributed by atoms with E-state index in [-0.39, 0.29) is 11.9 Å². The fraction of sp³-hybridized carbons (Fsp3) is 0.250. The van der Waals surface area contributed by atoms with Crippen molar-refractivity contribution < 1.29 is 4.79 Å². The first-order valence-corrected chi connectivity index (χ1v) is 5.42. The Hall–Kier alpha value is -1.48. The van der Waals surface area contributed by atoms with E-state index in [1.807, 2.05) is 12.1 Å². The molecule has 0 aliphatic carbocycles. The van der Waals surface area contributed by atoms with Crippen LogP contribution in [0.3, 0.4) is 0 Å². The minimum Gasteiger partial charge on any atom is -0.374 e. The Morgan fingerprint density at radius 1 is 1.50 bits per heavy atom. The number of halogens is 1. The predicted molar refractivity (Wildman–Crippen MR) is 67.7 cm³/mol. The molecule has 0 aromatic heterocycles. The van der Waals surface area contributed by atoms with E-state index >= 15 is 0 Å². The maximum absolute atomic E-state index is 11.5. The van der Waals surface area contributed by atoms with Crippen LogP contribution in [0.4, 0.5) is 5.69 Å². The van der Waals surface area contributed by atoms with Gasteiger partial charge in [-0.05, 0) is 31.2 Å². The fourth-order valence-electron chi connectivity index (χ4n) is 1.19. The van der Waals surface area contributed by atoms with Gasteiger partial charge in [-0.3, -0.25) is 4.79 Å². The van der Waals surface area contributed by atoms with Crippen molar-refractivity contribution in [2.24, 2.45) is 0 Å². The molecule has 0 aliphatic heterocycles. The fourth-order valence-corrected chi connectivity index (χ4v) is 1.31. The largest absolute Gasteiger partial charge is 0.374 e. The Morgan fingerprint density at radius 2 is 2.12 bits per heavy atom. The van der Waals surface area contributed by atoms with Crippen molar-refractivity contribution in [2.45, 2.75) is 13.0 Å². The zero-order valence-electron chi connectivity index (χ0n) is 9.16. The summed E-state index contributed by atoms with van der Waals surface area (Å²) >= 11 is 5.76. The molecule has 3 nitrogen and oxygen atoms in total. The van der Waals surface area contributed by atoms with Crippen molar-refractivity contribution in [1.82, 2.24) is 5.32 Å². The van der Waals surface area contributed by atoms with Gasteiger partial charge in [-0.15, -0.1) is 6.58 Å². The standard InChI is InChI=1S/C12H15ClN2O/c1-3-8-14-12(16)9(2)15-11-6-4-10(13)5-7-11/h3-7,9,15H,1,8H2,2H3,(H,14,16). The van der Waals surface area contributed by atoms with E-state index in [1.165, 1.54) is 0 Å². The van der Waals surface area contributed by atoms with E-state index in [9.17, 15) is 4.79 Å². The number of carbonyl (C=O) groups is 1. The van der Waals surface area contributed by atoms with E-state index in [0.29, 0.717) is 11.6 Å². The van der Waals surface area contributed by atoms with Gasteiger partial charge in [0.25, 0.3) is 0 Å². The highest BCUT2D eigenvalue weighted by Crippen LogP contribution is 2.14. The van der Waals surface area contributed by atoms with Gasteiger partial charge >= 0.3 is 0 Å². The summed E-state index contributed by atoms with van der Waals surface area (Å²) in [6.07, 6.45) is 1.65. The van der Waals surface area contributed by atoms with Gasteiger partial charge in [-0.2, -0.15) is 0 Å². The lowest BCUT2D eigenvalue weighted by Crippen LogP contribution is -2.37. The summed E-state index contributed by atoms with van der Waals surface area (Å²) in [5.74, 6) is -0.0603. The van der Waals surface area contributed by atoms with Crippen molar-refractivity contribution in [3.05, 3.63) is 41.9 Å². The van der Waals surface area contributed by atoms with E-state index in [4.69, 9.17) is 11.6 Å². The molecular formula is C12H15ClN2O. The predicted octanol–water partition coefficient (Wildman–Crippen LogP) is 2.44. The first-order valence-electron chi connectivity index (χ1n) is 5.04. The van der Waals surface area contributed by atoms with Gasteiger partial charge < -0.3 is 10.6 Å². The molecule has 16 heavy (non-hydrogen) atoms. The van der Waals surface area contributed by atoms with Gasteiger partial charge in [0.05, 0.1) is 0 Å². The number of hydrogen-bond donors (Lipinski definition) is 2. The van der Waals surface area contributed by atoms with Crippen molar-refractivity contribution in [1.29, 1.82) is 0 Å². The van der Waals surface area contributed by atoms with Gasteiger partial charge in [0.2, 0.25) is 5.91 Å². The number of amides is 1. The molecule has 1 rings (SSSR count). The quantitative estimate of drug-likeness (QED) is 0.774. The van der Waals surface area contributed by atoms with Crippen molar-refractivity contribution in [2.75, 3.05) is 11.9 Å². The van der Waals surface area contributed by atoms with E-state index in [1.54, 1.807) is 25.1 Å². The molecule has 2 N–H and O–H groups in total. The topological polar surface area (TPSA) is 41.1 Å². The van der Waals surface area contributed by atoms with E-state index in [2.05, 4.69) is 17.2 Å². The van der Waals surface area contributed by atoms with Crippen LogP contribution in [-0.4, -0.2) is 18.5 Å². The first kappa shape index (κ1) is 12.6. The number of benzene rings is 1. The summed E-state index contributed by atoms with van der Waals surface area (Å²) in [4.78, 5) is 11.5. The van der Waals surface area contributed by atoms with Gasteiger partial charge in [0, 0.05) is 17.3 Å². The van der Waals surface area contributed by atoms with Crippen LogP contribution in [0.15, 0.2) is 36.9 Å². The average molecular weight is 239 g/mol. The lowest BCUT2D eigenvalue weighted by atomic mass is 10.2. The zero-order valence-corrected chi connectivity index (χ0v) is 9.92. The molecule has 1 aromatic rings. The zero-order chi connectivity index (χ0) is 12.0. The van der Waals surface area contributed by atoms with Gasteiger partial charge in [-0.1, -0.05) is 17.7 Å². The normalized spacial score (nSPS) is 11.6. The molecule has 0 bridgehead atoms. The third-order valence-corrected chi connectivity index (χ3v) is 2.29. The molecule has 1 aromatic carbocycles. The molecule has 4 heteroatoms. The highest BCUT2D eigenvalue weighted by molar-refractivity contribution is 6.30. The van der Waals surface area contributed by atoms with Crippen molar-refractivity contribution >= 4 is 23.2 Å². The minimum atomic E-state index is -0.291. The molecule has 0 aliphatic rings. The third kappa shape index (κ3) is 3.95.